The summed E-state index contributed by atoms with van der Waals surface area (Å²) in [6, 6.07) is 6.73. The van der Waals surface area contributed by atoms with E-state index in [9.17, 15) is 4.79 Å². The van der Waals surface area contributed by atoms with Crippen molar-refractivity contribution in [3.8, 4) is 11.8 Å². The molecule has 1 amide bonds. The largest absolute Gasteiger partial charge is 0.497 e. The van der Waals surface area contributed by atoms with Gasteiger partial charge in [-0.15, -0.1) is 5.10 Å². The number of carbonyl (C=O) groups excluding carboxylic acids is 1. The van der Waals surface area contributed by atoms with E-state index in [2.05, 4.69) is 15.4 Å². The van der Waals surface area contributed by atoms with Gasteiger partial charge in [0.2, 0.25) is 5.91 Å². The molecule has 3 N–H and O–H groups in total. The fraction of sp³-hybridized carbons (Fsp3) is 0.167. The summed E-state index contributed by atoms with van der Waals surface area (Å²) in [4.78, 5) is 15.5. The number of benzene rings is 1. The Morgan fingerprint density at radius 1 is 1.60 bits per heavy atom. The predicted octanol–water partition coefficient (Wildman–Crippen LogP) is 0.379. The molecule has 2 rings (SSSR count). The first kappa shape index (κ1) is 13.4. The van der Waals surface area contributed by atoms with Crippen LogP contribution < -0.4 is 15.8 Å². The van der Waals surface area contributed by atoms with Crippen molar-refractivity contribution in [2.75, 3.05) is 18.2 Å². The molecule has 0 aliphatic rings. The number of nitriles is 1. The maximum atomic E-state index is 11.8. The van der Waals surface area contributed by atoms with Crippen molar-refractivity contribution >= 4 is 17.3 Å². The van der Waals surface area contributed by atoms with Crippen LogP contribution in [0.25, 0.3) is 0 Å². The highest BCUT2D eigenvalue weighted by Gasteiger charge is 2.08. The average molecular weight is 272 g/mol. The molecular formula is C12H12N6O2. The first-order valence-electron chi connectivity index (χ1n) is 5.65. The molecule has 0 fully saturated rings. The Balaban J connectivity index is 2.03. The summed E-state index contributed by atoms with van der Waals surface area (Å²) >= 11 is 0. The van der Waals surface area contributed by atoms with Gasteiger partial charge >= 0.3 is 0 Å². The molecule has 0 aliphatic heterocycles. The highest BCUT2D eigenvalue weighted by molar-refractivity contribution is 5.93. The summed E-state index contributed by atoms with van der Waals surface area (Å²) in [6.07, 6.45) is 1.31. The molecule has 0 unspecified atom stereocenters. The number of aromatic nitrogens is 3. The second-order valence-electron chi connectivity index (χ2n) is 3.88. The zero-order chi connectivity index (χ0) is 14.5. The molecule has 0 saturated carbocycles. The second kappa shape index (κ2) is 5.71. The van der Waals surface area contributed by atoms with Crippen molar-refractivity contribution in [1.82, 2.24) is 14.8 Å². The number of amides is 1. The van der Waals surface area contributed by atoms with Crippen LogP contribution in [0.1, 0.15) is 5.82 Å². The van der Waals surface area contributed by atoms with E-state index >= 15 is 0 Å². The van der Waals surface area contributed by atoms with Gasteiger partial charge in [-0.05, 0) is 12.1 Å². The first-order chi connectivity index (χ1) is 9.62. The SMILES string of the molecule is COc1ccc(NC(=O)Cn2cnc(C#N)n2)c(N)c1. The lowest BCUT2D eigenvalue weighted by molar-refractivity contribution is -0.116. The van der Waals surface area contributed by atoms with Crippen molar-refractivity contribution in [3.63, 3.8) is 0 Å². The number of hydrogen-bond acceptors (Lipinski definition) is 6. The molecule has 2 aromatic rings. The molecule has 0 saturated heterocycles. The fourth-order valence-corrected chi connectivity index (χ4v) is 1.54. The minimum absolute atomic E-state index is 0.0155. The number of nitrogen functional groups attached to an aromatic ring is 1. The zero-order valence-corrected chi connectivity index (χ0v) is 10.7. The lowest BCUT2D eigenvalue weighted by Crippen LogP contribution is -2.19. The van der Waals surface area contributed by atoms with Crippen molar-refractivity contribution in [1.29, 1.82) is 5.26 Å². The molecule has 0 spiro atoms. The molecule has 8 heteroatoms. The second-order valence-corrected chi connectivity index (χ2v) is 3.88. The molecule has 8 nitrogen and oxygen atoms in total. The molecule has 1 aromatic heterocycles. The van der Waals surface area contributed by atoms with Crippen LogP contribution in [0.15, 0.2) is 24.5 Å². The number of ether oxygens (including phenoxy) is 1. The number of rotatable bonds is 4. The first-order valence-corrected chi connectivity index (χ1v) is 5.65. The maximum absolute atomic E-state index is 11.8. The molecule has 0 aliphatic carbocycles. The number of nitrogens with one attached hydrogen (secondary N) is 1. The van der Waals surface area contributed by atoms with Gasteiger partial charge in [0, 0.05) is 6.07 Å². The normalized spacial score (nSPS) is 9.80. The van der Waals surface area contributed by atoms with Gasteiger partial charge in [0.15, 0.2) is 0 Å². The Morgan fingerprint density at radius 3 is 3.00 bits per heavy atom. The minimum atomic E-state index is -0.323. The van der Waals surface area contributed by atoms with E-state index in [1.165, 1.54) is 18.1 Å². The molecule has 20 heavy (non-hydrogen) atoms. The van der Waals surface area contributed by atoms with E-state index in [-0.39, 0.29) is 18.3 Å². The predicted molar refractivity (Wildman–Crippen MR) is 70.8 cm³/mol. The Hall–Kier alpha value is -3.08. The third-order valence-corrected chi connectivity index (χ3v) is 2.47. The van der Waals surface area contributed by atoms with Gasteiger partial charge in [-0.2, -0.15) is 5.26 Å². The summed E-state index contributed by atoms with van der Waals surface area (Å²) in [7, 11) is 1.53. The Labute approximate surface area is 114 Å². The van der Waals surface area contributed by atoms with Gasteiger partial charge in [0.05, 0.1) is 18.5 Å². The van der Waals surface area contributed by atoms with E-state index < -0.39 is 0 Å². The highest BCUT2D eigenvalue weighted by Crippen LogP contribution is 2.23. The van der Waals surface area contributed by atoms with Crippen molar-refractivity contribution in [2.24, 2.45) is 0 Å². The smallest absolute Gasteiger partial charge is 0.252 e. The van der Waals surface area contributed by atoms with Crippen LogP contribution in [0.2, 0.25) is 0 Å². The average Bonchev–Trinajstić information content (AvgIpc) is 2.88. The summed E-state index contributed by atoms with van der Waals surface area (Å²) in [5, 5.41) is 15.0. The summed E-state index contributed by atoms with van der Waals surface area (Å²) in [5.41, 5.74) is 6.67. The lowest BCUT2D eigenvalue weighted by Gasteiger charge is -2.09. The van der Waals surface area contributed by atoms with Crippen molar-refractivity contribution in [3.05, 3.63) is 30.4 Å². The summed E-state index contributed by atoms with van der Waals surface area (Å²) in [6.45, 7) is -0.0554. The van der Waals surface area contributed by atoms with Crippen molar-refractivity contribution in [2.45, 2.75) is 6.54 Å². The summed E-state index contributed by atoms with van der Waals surface area (Å²) < 4.78 is 6.29. The Kier molecular flexibility index (Phi) is 3.81. The van der Waals surface area contributed by atoms with E-state index in [0.717, 1.165) is 0 Å². The Bertz CT molecular complexity index is 673. The molecule has 0 bridgehead atoms. The monoisotopic (exact) mass is 272 g/mol. The highest BCUT2D eigenvalue weighted by atomic mass is 16.5. The van der Waals surface area contributed by atoms with Crippen LogP contribution in [-0.2, 0) is 11.3 Å². The third-order valence-electron chi connectivity index (χ3n) is 2.47. The van der Waals surface area contributed by atoms with Crippen LogP contribution in [0.5, 0.6) is 5.75 Å². The number of carbonyl (C=O) groups is 1. The maximum Gasteiger partial charge on any atom is 0.252 e. The quantitative estimate of drug-likeness (QED) is 0.776. The van der Waals surface area contributed by atoms with Gasteiger partial charge in [0.1, 0.15) is 24.7 Å². The number of anilines is 2. The lowest BCUT2D eigenvalue weighted by atomic mass is 10.2. The van der Waals surface area contributed by atoms with E-state index in [1.807, 2.05) is 0 Å². The molecular weight excluding hydrogens is 260 g/mol. The topological polar surface area (TPSA) is 119 Å². The molecule has 1 heterocycles. The Morgan fingerprint density at radius 2 is 2.40 bits per heavy atom. The molecule has 1 aromatic carbocycles. The number of nitrogens with two attached hydrogens (primary N) is 1. The summed E-state index contributed by atoms with van der Waals surface area (Å²) in [5.74, 6) is 0.299. The van der Waals surface area contributed by atoms with Crippen LogP contribution in [-0.4, -0.2) is 27.8 Å². The van der Waals surface area contributed by atoms with E-state index in [4.69, 9.17) is 15.7 Å². The number of nitrogens with zero attached hydrogens (tertiary/aromatic N) is 4. The van der Waals surface area contributed by atoms with Crippen LogP contribution in [0, 0.1) is 11.3 Å². The molecule has 0 atom stereocenters. The van der Waals surface area contributed by atoms with Gasteiger partial charge in [-0.25, -0.2) is 9.67 Å². The van der Waals surface area contributed by atoms with Crippen LogP contribution >= 0.6 is 0 Å². The van der Waals surface area contributed by atoms with Crippen LogP contribution in [0.4, 0.5) is 11.4 Å². The van der Waals surface area contributed by atoms with Gasteiger partial charge < -0.3 is 15.8 Å². The number of hydrogen-bond donors (Lipinski definition) is 2. The van der Waals surface area contributed by atoms with Gasteiger partial charge in [0.25, 0.3) is 5.82 Å². The van der Waals surface area contributed by atoms with Crippen molar-refractivity contribution < 1.29 is 9.53 Å². The zero-order valence-electron chi connectivity index (χ0n) is 10.7. The number of methoxy groups -OCH3 is 1. The van der Waals surface area contributed by atoms with Crippen LogP contribution in [0.3, 0.4) is 0 Å². The minimum Gasteiger partial charge on any atom is -0.497 e. The van der Waals surface area contributed by atoms with Gasteiger partial charge in [-0.1, -0.05) is 0 Å². The van der Waals surface area contributed by atoms with E-state index in [1.54, 1.807) is 24.3 Å². The van der Waals surface area contributed by atoms with Gasteiger partial charge in [-0.3, -0.25) is 4.79 Å². The fourth-order valence-electron chi connectivity index (χ4n) is 1.54. The third kappa shape index (κ3) is 3.02. The molecule has 0 radical (unpaired) electrons. The van der Waals surface area contributed by atoms with E-state index in [0.29, 0.717) is 17.1 Å². The molecule has 102 valence electrons. The standard InChI is InChI=1S/C12H12N6O2/c1-20-8-2-3-10(9(14)4-8)16-12(19)6-18-7-15-11(5-13)17-18/h2-4,7H,6,14H2,1H3,(H,16,19).